The summed E-state index contributed by atoms with van der Waals surface area (Å²) in [4.78, 5) is 14.4. The molecule has 8 heteroatoms. The minimum absolute atomic E-state index is 0.00353. The number of nitrogens with one attached hydrogen (secondary N) is 1. The Bertz CT molecular complexity index is 909. The van der Waals surface area contributed by atoms with Crippen molar-refractivity contribution in [1.82, 2.24) is 4.90 Å². The van der Waals surface area contributed by atoms with Crippen LogP contribution in [0.15, 0.2) is 66.1 Å². The summed E-state index contributed by atoms with van der Waals surface area (Å²) in [7, 11) is -1.90. The molecular formula is C20H25N3O4S. The largest absolute Gasteiger partial charge is 0.490 e. The van der Waals surface area contributed by atoms with Crippen molar-refractivity contribution in [2.24, 2.45) is 5.14 Å². The zero-order valence-electron chi connectivity index (χ0n) is 16.0. The zero-order chi connectivity index (χ0) is 20.7. The van der Waals surface area contributed by atoms with E-state index in [1.54, 1.807) is 13.0 Å². The van der Waals surface area contributed by atoms with Gasteiger partial charge in [-0.3, -0.25) is 9.69 Å². The van der Waals surface area contributed by atoms with Crippen molar-refractivity contribution in [3.63, 3.8) is 0 Å². The molecule has 1 atom stereocenters. The SMILES string of the molecule is C=CCOc1ccc(CN(C)[C@@H](C)C(=O)Nc2ccc(S(N)(=O)=O)cc2)cc1. The third-order valence-electron chi connectivity index (χ3n) is 4.21. The van der Waals surface area contributed by atoms with E-state index >= 15 is 0 Å². The van der Waals surface area contributed by atoms with Gasteiger partial charge in [0.25, 0.3) is 0 Å². The van der Waals surface area contributed by atoms with Crippen LogP contribution in [0.4, 0.5) is 5.69 Å². The molecule has 0 aliphatic carbocycles. The van der Waals surface area contributed by atoms with Crippen molar-refractivity contribution in [2.75, 3.05) is 19.0 Å². The Kier molecular flexibility index (Phi) is 7.33. The standard InChI is InChI=1S/C20H25N3O4S/c1-4-13-27-18-9-5-16(6-10-18)14-23(3)15(2)20(24)22-17-7-11-19(12-8-17)28(21,25)26/h4-12,15H,1,13-14H2,2-3H3,(H,22,24)(H2,21,25,26)/t15-/m0/s1. The Morgan fingerprint density at radius 2 is 1.82 bits per heavy atom. The fraction of sp³-hybridized carbons (Fsp3) is 0.250. The van der Waals surface area contributed by atoms with Gasteiger partial charge >= 0.3 is 0 Å². The number of benzene rings is 2. The third kappa shape index (κ3) is 6.19. The van der Waals surface area contributed by atoms with Crippen LogP contribution in [0.1, 0.15) is 12.5 Å². The summed E-state index contributed by atoms with van der Waals surface area (Å²) in [6, 6.07) is 13.0. The van der Waals surface area contributed by atoms with Crippen molar-refractivity contribution in [3.8, 4) is 5.75 Å². The molecule has 0 spiro atoms. The molecule has 0 aliphatic rings. The number of rotatable bonds is 9. The Morgan fingerprint density at radius 1 is 1.21 bits per heavy atom. The Labute approximate surface area is 165 Å². The van der Waals surface area contributed by atoms with Crippen molar-refractivity contribution in [2.45, 2.75) is 24.4 Å². The number of likely N-dealkylation sites (N-methyl/N-ethyl adjacent to an activating group) is 1. The predicted molar refractivity (Wildman–Crippen MR) is 110 cm³/mol. The molecule has 3 N–H and O–H groups in total. The van der Waals surface area contributed by atoms with E-state index in [2.05, 4.69) is 11.9 Å². The fourth-order valence-electron chi connectivity index (χ4n) is 2.45. The Hall–Kier alpha value is -2.68. The van der Waals surface area contributed by atoms with Crippen molar-refractivity contribution in [1.29, 1.82) is 0 Å². The van der Waals surface area contributed by atoms with Crippen LogP contribution in [0.5, 0.6) is 5.75 Å². The quantitative estimate of drug-likeness (QED) is 0.626. The van der Waals surface area contributed by atoms with Crippen molar-refractivity contribution in [3.05, 3.63) is 66.7 Å². The maximum absolute atomic E-state index is 12.5. The molecule has 0 heterocycles. The monoisotopic (exact) mass is 403 g/mol. The Balaban J connectivity index is 1.93. The van der Waals surface area contributed by atoms with Gasteiger partial charge < -0.3 is 10.1 Å². The summed E-state index contributed by atoms with van der Waals surface area (Å²) in [5, 5.41) is 7.84. The highest BCUT2D eigenvalue weighted by Gasteiger charge is 2.18. The lowest BCUT2D eigenvalue weighted by Gasteiger charge is -2.24. The van der Waals surface area contributed by atoms with Crippen LogP contribution in [0.2, 0.25) is 0 Å². The lowest BCUT2D eigenvalue weighted by Crippen LogP contribution is -2.39. The van der Waals surface area contributed by atoms with Crippen LogP contribution in [0, 0.1) is 0 Å². The second kappa shape index (κ2) is 9.50. The Morgan fingerprint density at radius 3 is 2.36 bits per heavy atom. The summed E-state index contributed by atoms with van der Waals surface area (Å²) in [5.74, 6) is 0.567. The minimum Gasteiger partial charge on any atom is -0.490 e. The highest BCUT2D eigenvalue weighted by molar-refractivity contribution is 7.89. The molecule has 2 rings (SSSR count). The lowest BCUT2D eigenvalue weighted by atomic mass is 10.1. The molecule has 2 aromatic rings. The average Bonchev–Trinajstić information content (AvgIpc) is 2.66. The molecule has 0 aliphatic heterocycles. The first-order valence-corrected chi connectivity index (χ1v) is 10.2. The second-order valence-corrected chi connectivity index (χ2v) is 7.95. The minimum atomic E-state index is -3.76. The van der Waals surface area contributed by atoms with Crippen LogP contribution in [-0.4, -0.2) is 38.9 Å². The highest BCUT2D eigenvalue weighted by atomic mass is 32.2. The number of anilines is 1. The van der Waals surface area contributed by atoms with Crippen LogP contribution < -0.4 is 15.2 Å². The number of nitrogens with zero attached hydrogens (tertiary/aromatic N) is 1. The van der Waals surface area contributed by atoms with Gasteiger partial charge in [-0.2, -0.15) is 0 Å². The maximum atomic E-state index is 12.5. The summed E-state index contributed by atoms with van der Waals surface area (Å²) in [5.41, 5.74) is 1.55. The van der Waals surface area contributed by atoms with Crippen LogP contribution in [0.25, 0.3) is 0 Å². The summed E-state index contributed by atoms with van der Waals surface area (Å²) >= 11 is 0. The summed E-state index contributed by atoms with van der Waals surface area (Å²) in [6.45, 7) is 6.45. The lowest BCUT2D eigenvalue weighted by molar-refractivity contribution is -0.120. The number of sulfonamides is 1. The van der Waals surface area contributed by atoms with E-state index in [1.807, 2.05) is 36.2 Å². The number of hydrogen-bond donors (Lipinski definition) is 2. The van der Waals surface area contributed by atoms with Gasteiger partial charge in [0, 0.05) is 12.2 Å². The normalized spacial score (nSPS) is 12.4. The van der Waals surface area contributed by atoms with Gasteiger partial charge in [0.05, 0.1) is 10.9 Å². The molecule has 150 valence electrons. The van der Waals surface area contributed by atoms with Gasteiger partial charge in [-0.05, 0) is 55.9 Å². The maximum Gasteiger partial charge on any atom is 0.241 e. The molecular weight excluding hydrogens is 378 g/mol. The molecule has 1 amide bonds. The third-order valence-corrected chi connectivity index (χ3v) is 5.14. The predicted octanol–water partition coefficient (Wildman–Crippen LogP) is 2.36. The van der Waals surface area contributed by atoms with Gasteiger partial charge in [0.1, 0.15) is 12.4 Å². The molecule has 0 saturated heterocycles. The zero-order valence-corrected chi connectivity index (χ0v) is 16.8. The van der Waals surface area contributed by atoms with Crippen molar-refractivity contribution >= 4 is 21.6 Å². The highest BCUT2D eigenvalue weighted by Crippen LogP contribution is 2.16. The first-order chi connectivity index (χ1) is 13.2. The smallest absolute Gasteiger partial charge is 0.241 e. The van der Waals surface area contributed by atoms with Crippen LogP contribution in [0.3, 0.4) is 0 Å². The number of hydrogen-bond acceptors (Lipinski definition) is 5. The number of primary sulfonamides is 1. The average molecular weight is 404 g/mol. The van der Waals surface area contributed by atoms with Gasteiger partial charge in [0.2, 0.25) is 15.9 Å². The molecule has 0 radical (unpaired) electrons. The second-order valence-electron chi connectivity index (χ2n) is 6.39. The molecule has 0 saturated carbocycles. The number of carbonyl (C=O) groups excluding carboxylic acids is 1. The first-order valence-electron chi connectivity index (χ1n) is 8.67. The molecule has 7 nitrogen and oxygen atoms in total. The summed E-state index contributed by atoms with van der Waals surface area (Å²) in [6.07, 6.45) is 1.68. The van der Waals surface area contributed by atoms with Gasteiger partial charge in [0.15, 0.2) is 0 Å². The number of carbonyl (C=O) groups is 1. The summed E-state index contributed by atoms with van der Waals surface area (Å²) < 4.78 is 28.0. The van der Waals surface area contributed by atoms with E-state index in [-0.39, 0.29) is 10.8 Å². The molecule has 2 aromatic carbocycles. The van der Waals surface area contributed by atoms with E-state index in [1.165, 1.54) is 24.3 Å². The van der Waals surface area contributed by atoms with Gasteiger partial charge in [-0.15, -0.1) is 0 Å². The fourth-order valence-corrected chi connectivity index (χ4v) is 2.96. The molecule has 28 heavy (non-hydrogen) atoms. The van der Waals surface area contributed by atoms with E-state index in [4.69, 9.17) is 9.88 Å². The van der Waals surface area contributed by atoms with Crippen LogP contribution in [-0.2, 0) is 21.4 Å². The van der Waals surface area contributed by atoms with Gasteiger partial charge in [-0.1, -0.05) is 24.8 Å². The number of amides is 1. The molecule has 0 bridgehead atoms. The van der Waals surface area contributed by atoms with Crippen LogP contribution >= 0.6 is 0 Å². The van der Waals surface area contributed by atoms with E-state index in [9.17, 15) is 13.2 Å². The number of ether oxygens (including phenoxy) is 1. The molecule has 0 unspecified atom stereocenters. The van der Waals surface area contributed by atoms with E-state index in [0.29, 0.717) is 18.8 Å². The number of nitrogens with two attached hydrogens (primary N) is 1. The van der Waals surface area contributed by atoms with E-state index in [0.717, 1.165) is 11.3 Å². The van der Waals surface area contributed by atoms with Gasteiger partial charge in [-0.25, -0.2) is 13.6 Å². The topological polar surface area (TPSA) is 102 Å². The molecule has 0 fully saturated rings. The molecule has 0 aromatic heterocycles. The van der Waals surface area contributed by atoms with Crippen molar-refractivity contribution < 1.29 is 17.9 Å². The van der Waals surface area contributed by atoms with E-state index < -0.39 is 16.1 Å². The first kappa shape index (κ1) is 21.6.